The van der Waals surface area contributed by atoms with E-state index in [2.05, 4.69) is 21.2 Å². The number of amides is 2. The Balaban J connectivity index is 1.68. The van der Waals surface area contributed by atoms with Gasteiger partial charge in [-0.15, -0.1) is 11.3 Å². The number of carbonyl (C=O) groups excluding carboxylic acids is 3. The molecule has 0 fully saturated rings. The number of carbonyl (C=O) groups is 3. The monoisotopic (exact) mass is 397 g/mol. The summed E-state index contributed by atoms with van der Waals surface area (Å²) in [7, 11) is 0. The maximum absolute atomic E-state index is 11.6. The molecule has 0 saturated carbocycles. The van der Waals surface area contributed by atoms with Crippen LogP contribution in [0.4, 0.5) is 0 Å². The highest BCUT2D eigenvalue weighted by atomic mass is 79.9. The van der Waals surface area contributed by atoms with Crippen molar-refractivity contribution in [1.82, 2.24) is 5.32 Å². The lowest BCUT2D eigenvalue weighted by Crippen LogP contribution is -2.34. The van der Waals surface area contributed by atoms with E-state index in [1.807, 2.05) is 0 Å². The first kappa shape index (κ1) is 17.2. The predicted octanol–water partition coefficient (Wildman–Crippen LogP) is 2.39. The lowest BCUT2D eigenvalue weighted by atomic mass is 10.3. The molecule has 0 unspecified atom stereocenters. The summed E-state index contributed by atoms with van der Waals surface area (Å²) in [5.74, 6) is -1.42. The molecule has 120 valence electrons. The van der Waals surface area contributed by atoms with Gasteiger partial charge in [0.2, 0.25) is 0 Å². The SMILES string of the molecule is O=C(COC(=O)COc1ccc(Br)cc1)NC(=O)c1cccs1. The second-order valence-corrected chi connectivity index (χ2v) is 6.12. The summed E-state index contributed by atoms with van der Waals surface area (Å²) in [6.45, 7) is -0.868. The van der Waals surface area contributed by atoms with Gasteiger partial charge in [0, 0.05) is 4.47 Å². The van der Waals surface area contributed by atoms with Crippen LogP contribution >= 0.6 is 27.3 Å². The van der Waals surface area contributed by atoms with Crippen molar-refractivity contribution >= 4 is 45.1 Å². The summed E-state index contributed by atoms with van der Waals surface area (Å²) >= 11 is 4.49. The average molecular weight is 398 g/mol. The van der Waals surface area contributed by atoms with Gasteiger partial charge in [-0.1, -0.05) is 22.0 Å². The fraction of sp³-hybridized carbons (Fsp3) is 0.133. The third kappa shape index (κ3) is 5.84. The van der Waals surface area contributed by atoms with Crippen LogP contribution in [0, 0.1) is 0 Å². The van der Waals surface area contributed by atoms with Crippen LogP contribution in [0.25, 0.3) is 0 Å². The highest BCUT2D eigenvalue weighted by molar-refractivity contribution is 9.10. The van der Waals surface area contributed by atoms with Crippen molar-refractivity contribution in [3.8, 4) is 5.75 Å². The molecule has 2 rings (SSSR count). The Hall–Kier alpha value is -2.19. The highest BCUT2D eigenvalue weighted by Gasteiger charge is 2.13. The zero-order valence-corrected chi connectivity index (χ0v) is 14.2. The smallest absolute Gasteiger partial charge is 0.344 e. The van der Waals surface area contributed by atoms with Crippen molar-refractivity contribution in [2.75, 3.05) is 13.2 Å². The maximum atomic E-state index is 11.6. The maximum Gasteiger partial charge on any atom is 0.344 e. The van der Waals surface area contributed by atoms with Crippen LogP contribution in [0.15, 0.2) is 46.3 Å². The molecular weight excluding hydrogens is 386 g/mol. The summed E-state index contributed by atoms with van der Waals surface area (Å²) < 4.78 is 10.8. The van der Waals surface area contributed by atoms with Crippen LogP contribution in [-0.4, -0.2) is 31.0 Å². The standard InChI is InChI=1S/C15H12BrNO5S/c16-10-3-5-11(6-4-10)21-9-14(19)22-8-13(18)17-15(20)12-2-1-7-23-12/h1-7H,8-9H2,(H,17,18,20). The predicted molar refractivity (Wildman–Crippen MR) is 87.4 cm³/mol. The molecular formula is C15H12BrNO5S. The number of hydrogen-bond acceptors (Lipinski definition) is 6. The zero-order chi connectivity index (χ0) is 16.7. The first-order valence-corrected chi connectivity index (χ1v) is 8.13. The molecule has 0 bridgehead atoms. The Morgan fingerprint density at radius 1 is 1.09 bits per heavy atom. The number of hydrogen-bond donors (Lipinski definition) is 1. The zero-order valence-electron chi connectivity index (χ0n) is 11.8. The normalized spacial score (nSPS) is 9.96. The van der Waals surface area contributed by atoms with Crippen molar-refractivity contribution in [2.24, 2.45) is 0 Å². The molecule has 2 aromatic rings. The highest BCUT2D eigenvalue weighted by Crippen LogP contribution is 2.15. The first-order valence-electron chi connectivity index (χ1n) is 6.46. The van der Waals surface area contributed by atoms with E-state index in [9.17, 15) is 14.4 Å². The number of benzene rings is 1. The molecule has 0 aliphatic rings. The second kappa shape index (κ2) is 8.44. The third-order valence-corrected chi connectivity index (χ3v) is 3.93. The molecule has 2 amide bonds. The summed E-state index contributed by atoms with van der Waals surface area (Å²) in [6.07, 6.45) is 0. The van der Waals surface area contributed by atoms with Crippen LogP contribution in [-0.2, 0) is 14.3 Å². The Labute approximate surface area is 144 Å². The Bertz CT molecular complexity index is 684. The van der Waals surface area contributed by atoms with Gasteiger partial charge in [0.05, 0.1) is 4.88 Å². The quantitative estimate of drug-likeness (QED) is 0.756. The summed E-state index contributed by atoms with van der Waals surface area (Å²) in [6, 6.07) is 10.2. The molecule has 23 heavy (non-hydrogen) atoms. The van der Waals surface area contributed by atoms with Gasteiger partial charge in [0.25, 0.3) is 11.8 Å². The topological polar surface area (TPSA) is 81.7 Å². The van der Waals surface area contributed by atoms with Gasteiger partial charge in [-0.05, 0) is 35.7 Å². The van der Waals surface area contributed by atoms with Crippen molar-refractivity contribution < 1.29 is 23.9 Å². The van der Waals surface area contributed by atoms with Gasteiger partial charge < -0.3 is 9.47 Å². The largest absolute Gasteiger partial charge is 0.482 e. The molecule has 6 nitrogen and oxygen atoms in total. The summed E-state index contributed by atoms with van der Waals surface area (Å²) in [5, 5.41) is 3.85. The number of esters is 1. The van der Waals surface area contributed by atoms with Gasteiger partial charge >= 0.3 is 5.97 Å². The van der Waals surface area contributed by atoms with Crippen LogP contribution < -0.4 is 10.1 Å². The van der Waals surface area contributed by atoms with Crippen molar-refractivity contribution in [3.63, 3.8) is 0 Å². The molecule has 0 saturated heterocycles. The minimum Gasteiger partial charge on any atom is -0.482 e. The van der Waals surface area contributed by atoms with Crippen molar-refractivity contribution in [3.05, 3.63) is 51.1 Å². The number of halogens is 1. The van der Waals surface area contributed by atoms with Gasteiger partial charge in [0.15, 0.2) is 13.2 Å². The van der Waals surface area contributed by atoms with Gasteiger partial charge in [0.1, 0.15) is 5.75 Å². The van der Waals surface area contributed by atoms with Gasteiger partial charge in [-0.3, -0.25) is 14.9 Å². The molecule has 0 atom stereocenters. The molecule has 1 N–H and O–H groups in total. The molecule has 1 aromatic carbocycles. The Morgan fingerprint density at radius 3 is 2.48 bits per heavy atom. The summed E-state index contributed by atoms with van der Waals surface area (Å²) in [4.78, 5) is 35.0. The van der Waals surface area contributed by atoms with E-state index in [-0.39, 0.29) is 6.61 Å². The molecule has 0 aliphatic carbocycles. The number of nitrogens with one attached hydrogen (secondary N) is 1. The van der Waals surface area contributed by atoms with E-state index in [1.165, 1.54) is 11.3 Å². The fourth-order valence-electron chi connectivity index (χ4n) is 1.49. The number of ether oxygens (including phenoxy) is 2. The van der Waals surface area contributed by atoms with Crippen molar-refractivity contribution in [1.29, 1.82) is 0 Å². The molecule has 1 heterocycles. The molecule has 0 spiro atoms. The number of rotatable bonds is 6. The van der Waals surface area contributed by atoms with E-state index in [4.69, 9.17) is 9.47 Å². The van der Waals surface area contributed by atoms with Crippen LogP contribution in [0.5, 0.6) is 5.75 Å². The molecule has 8 heteroatoms. The lowest BCUT2D eigenvalue weighted by Gasteiger charge is -2.07. The van der Waals surface area contributed by atoms with E-state index in [0.717, 1.165) is 4.47 Å². The minimum absolute atomic E-state index is 0.326. The van der Waals surface area contributed by atoms with Gasteiger partial charge in [-0.25, -0.2) is 4.79 Å². The van der Waals surface area contributed by atoms with Gasteiger partial charge in [-0.2, -0.15) is 0 Å². The van der Waals surface area contributed by atoms with Crippen LogP contribution in [0.3, 0.4) is 0 Å². The third-order valence-electron chi connectivity index (χ3n) is 2.53. The van der Waals surface area contributed by atoms with Crippen LogP contribution in [0.1, 0.15) is 9.67 Å². The fourth-order valence-corrected chi connectivity index (χ4v) is 2.38. The molecule has 0 radical (unpaired) electrons. The van der Waals surface area contributed by atoms with E-state index in [0.29, 0.717) is 10.6 Å². The molecule has 0 aliphatic heterocycles. The Kier molecular flexibility index (Phi) is 6.30. The number of thiophene rings is 1. The van der Waals surface area contributed by atoms with Crippen LogP contribution in [0.2, 0.25) is 0 Å². The first-order chi connectivity index (χ1) is 11.0. The minimum atomic E-state index is -0.702. The van der Waals surface area contributed by atoms with E-state index in [1.54, 1.807) is 41.8 Å². The van der Waals surface area contributed by atoms with Crippen molar-refractivity contribution in [2.45, 2.75) is 0 Å². The second-order valence-electron chi connectivity index (χ2n) is 4.26. The Morgan fingerprint density at radius 2 is 1.83 bits per heavy atom. The van der Waals surface area contributed by atoms with E-state index < -0.39 is 24.4 Å². The lowest BCUT2D eigenvalue weighted by molar-refractivity contribution is -0.150. The molecule has 1 aromatic heterocycles. The van der Waals surface area contributed by atoms with E-state index >= 15 is 0 Å². The summed E-state index contributed by atoms with van der Waals surface area (Å²) in [5.41, 5.74) is 0. The number of imide groups is 1. The average Bonchev–Trinajstić information content (AvgIpc) is 3.07.